The molecule has 1 aliphatic heterocycles. The van der Waals surface area contributed by atoms with E-state index in [-0.39, 0.29) is 12.5 Å². The molecule has 19 heavy (non-hydrogen) atoms. The molecule has 2 aliphatic rings. The summed E-state index contributed by atoms with van der Waals surface area (Å²) in [6.45, 7) is 2.32. The Hall–Kier alpha value is -1.26. The van der Waals surface area contributed by atoms with Crippen LogP contribution in [0.1, 0.15) is 44.9 Å². The summed E-state index contributed by atoms with van der Waals surface area (Å²) in [7, 11) is 0. The molecule has 5 nitrogen and oxygen atoms in total. The minimum atomic E-state index is -0.744. The number of carbonyl (C=O) groups is 2. The second kappa shape index (κ2) is 6.78. The van der Waals surface area contributed by atoms with E-state index in [2.05, 4.69) is 5.32 Å². The van der Waals surface area contributed by atoms with Crippen molar-refractivity contribution in [3.8, 4) is 0 Å². The summed E-state index contributed by atoms with van der Waals surface area (Å²) in [6, 6.07) is 0.0342. The van der Waals surface area contributed by atoms with Gasteiger partial charge in [-0.15, -0.1) is 0 Å². The van der Waals surface area contributed by atoms with Crippen molar-refractivity contribution in [2.75, 3.05) is 19.6 Å². The summed E-state index contributed by atoms with van der Waals surface area (Å²) in [5, 5.41) is 11.7. The smallest absolute Gasteiger partial charge is 0.317 e. The van der Waals surface area contributed by atoms with Gasteiger partial charge in [0, 0.05) is 26.1 Å². The van der Waals surface area contributed by atoms with Gasteiger partial charge in [-0.05, 0) is 43.9 Å². The van der Waals surface area contributed by atoms with Gasteiger partial charge in [0.25, 0.3) is 0 Å². The van der Waals surface area contributed by atoms with Crippen molar-refractivity contribution >= 4 is 12.0 Å². The summed E-state index contributed by atoms with van der Waals surface area (Å²) < 4.78 is 0. The largest absolute Gasteiger partial charge is 0.481 e. The normalized spacial score (nSPS) is 23.8. The van der Waals surface area contributed by atoms with Crippen molar-refractivity contribution in [1.82, 2.24) is 10.2 Å². The molecule has 2 amide bonds. The fourth-order valence-electron chi connectivity index (χ4n) is 2.85. The first kappa shape index (κ1) is 14.2. The maximum atomic E-state index is 12.0. The first-order chi connectivity index (χ1) is 9.15. The van der Waals surface area contributed by atoms with E-state index in [9.17, 15) is 9.59 Å². The Kier molecular flexibility index (Phi) is 5.05. The first-order valence-electron chi connectivity index (χ1n) is 7.39. The van der Waals surface area contributed by atoms with E-state index in [1.807, 2.05) is 4.90 Å². The molecule has 2 fully saturated rings. The number of rotatable bonds is 5. The molecular weight excluding hydrogens is 244 g/mol. The average molecular weight is 268 g/mol. The number of aliphatic carboxylic acids is 1. The molecule has 1 saturated heterocycles. The molecule has 108 valence electrons. The lowest BCUT2D eigenvalue weighted by Gasteiger charge is -2.34. The molecule has 1 unspecified atom stereocenters. The number of carboxylic acids is 1. The Bertz CT molecular complexity index is 329. The van der Waals surface area contributed by atoms with Crippen molar-refractivity contribution in [3.63, 3.8) is 0 Å². The number of carboxylic acid groups (broad SMARTS) is 1. The van der Waals surface area contributed by atoms with Gasteiger partial charge in [-0.1, -0.05) is 6.42 Å². The van der Waals surface area contributed by atoms with E-state index in [0.717, 1.165) is 25.9 Å². The van der Waals surface area contributed by atoms with Crippen LogP contribution in [0, 0.1) is 11.8 Å². The quantitative estimate of drug-likeness (QED) is 0.802. The van der Waals surface area contributed by atoms with Gasteiger partial charge in [0.05, 0.1) is 0 Å². The number of amides is 2. The van der Waals surface area contributed by atoms with Crippen molar-refractivity contribution in [2.45, 2.75) is 44.9 Å². The molecule has 2 rings (SSSR count). The zero-order valence-corrected chi connectivity index (χ0v) is 11.4. The molecule has 0 aromatic heterocycles. The summed E-state index contributed by atoms with van der Waals surface area (Å²) in [4.78, 5) is 24.5. The molecule has 0 aromatic rings. The zero-order chi connectivity index (χ0) is 13.7. The van der Waals surface area contributed by atoms with Crippen LogP contribution in [0.2, 0.25) is 0 Å². The fourth-order valence-corrected chi connectivity index (χ4v) is 2.85. The third kappa shape index (κ3) is 4.40. The van der Waals surface area contributed by atoms with E-state index < -0.39 is 5.97 Å². The predicted octanol–water partition coefficient (Wildman–Crippen LogP) is 2.07. The van der Waals surface area contributed by atoms with Crippen LogP contribution in [-0.2, 0) is 4.79 Å². The van der Waals surface area contributed by atoms with Crippen molar-refractivity contribution in [3.05, 3.63) is 0 Å². The van der Waals surface area contributed by atoms with Gasteiger partial charge in [-0.2, -0.15) is 0 Å². The minimum Gasteiger partial charge on any atom is -0.481 e. The lowest BCUT2D eigenvalue weighted by molar-refractivity contribution is -0.137. The fraction of sp³-hybridized carbons (Fsp3) is 0.857. The maximum absolute atomic E-state index is 12.0. The first-order valence-corrected chi connectivity index (χ1v) is 7.39. The average Bonchev–Trinajstić information content (AvgIpc) is 2.34. The van der Waals surface area contributed by atoms with Crippen LogP contribution >= 0.6 is 0 Å². The Morgan fingerprint density at radius 2 is 1.89 bits per heavy atom. The van der Waals surface area contributed by atoms with E-state index in [0.29, 0.717) is 24.8 Å². The zero-order valence-electron chi connectivity index (χ0n) is 11.4. The summed E-state index contributed by atoms with van der Waals surface area (Å²) in [5.74, 6) is 0.280. The topological polar surface area (TPSA) is 69.6 Å². The number of urea groups is 1. The van der Waals surface area contributed by atoms with Crippen molar-refractivity contribution in [1.29, 1.82) is 0 Å². The van der Waals surface area contributed by atoms with Crippen LogP contribution in [0.5, 0.6) is 0 Å². The summed E-state index contributed by atoms with van der Waals surface area (Å²) in [6.07, 6.45) is 6.69. The highest BCUT2D eigenvalue weighted by atomic mass is 16.4. The Morgan fingerprint density at radius 3 is 2.53 bits per heavy atom. The number of carbonyl (C=O) groups excluding carboxylic acids is 1. The van der Waals surface area contributed by atoms with E-state index in [4.69, 9.17) is 5.11 Å². The number of likely N-dealkylation sites (tertiary alicyclic amines) is 1. The van der Waals surface area contributed by atoms with Crippen LogP contribution in [-0.4, -0.2) is 41.6 Å². The molecule has 1 heterocycles. The molecule has 5 heteroatoms. The number of hydrogen-bond acceptors (Lipinski definition) is 2. The van der Waals surface area contributed by atoms with Gasteiger partial charge in [-0.3, -0.25) is 4.79 Å². The molecule has 1 aliphatic carbocycles. The van der Waals surface area contributed by atoms with Crippen LogP contribution in [0.4, 0.5) is 4.79 Å². The Balaban J connectivity index is 1.69. The number of nitrogens with zero attached hydrogens (tertiary/aromatic N) is 1. The van der Waals surface area contributed by atoms with Gasteiger partial charge in [0.1, 0.15) is 0 Å². The Morgan fingerprint density at radius 1 is 1.16 bits per heavy atom. The SMILES string of the molecule is O=C(O)CCC1CCCN(C(=O)NCC2CCC2)C1. The molecule has 0 bridgehead atoms. The molecule has 1 saturated carbocycles. The number of piperidine rings is 1. The van der Waals surface area contributed by atoms with Crippen LogP contribution in [0.3, 0.4) is 0 Å². The maximum Gasteiger partial charge on any atom is 0.317 e. The van der Waals surface area contributed by atoms with Gasteiger partial charge in [-0.25, -0.2) is 4.79 Å². The Labute approximate surface area is 114 Å². The van der Waals surface area contributed by atoms with Gasteiger partial charge >= 0.3 is 12.0 Å². The number of nitrogens with one attached hydrogen (secondary N) is 1. The molecular formula is C14H24N2O3. The highest BCUT2D eigenvalue weighted by molar-refractivity contribution is 5.74. The highest BCUT2D eigenvalue weighted by Gasteiger charge is 2.25. The van der Waals surface area contributed by atoms with Crippen LogP contribution in [0.15, 0.2) is 0 Å². The summed E-state index contributed by atoms with van der Waals surface area (Å²) >= 11 is 0. The lowest BCUT2D eigenvalue weighted by Crippen LogP contribution is -2.47. The molecule has 2 N–H and O–H groups in total. The van der Waals surface area contributed by atoms with Crippen LogP contribution in [0.25, 0.3) is 0 Å². The second-order valence-electron chi connectivity index (χ2n) is 5.87. The molecule has 0 radical (unpaired) electrons. The lowest BCUT2D eigenvalue weighted by atomic mass is 9.85. The molecule has 1 atom stereocenters. The summed E-state index contributed by atoms with van der Waals surface area (Å²) in [5.41, 5.74) is 0. The highest BCUT2D eigenvalue weighted by Crippen LogP contribution is 2.25. The predicted molar refractivity (Wildman–Crippen MR) is 71.9 cm³/mol. The molecule has 0 aromatic carbocycles. The van der Waals surface area contributed by atoms with Gasteiger partial charge < -0.3 is 15.3 Å². The third-order valence-electron chi connectivity index (χ3n) is 4.34. The van der Waals surface area contributed by atoms with Gasteiger partial charge in [0.15, 0.2) is 0 Å². The van der Waals surface area contributed by atoms with Crippen molar-refractivity contribution in [2.24, 2.45) is 11.8 Å². The van der Waals surface area contributed by atoms with Crippen LogP contribution < -0.4 is 5.32 Å². The van der Waals surface area contributed by atoms with Gasteiger partial charge in [0.2, 0.25) is 0 Å². The monoisotopic (exact) mass is 268 g/mol. The van der Waals surface area contributed by atoms with Crippen molar-refractivity contribution < 1.29 is 14.7 Å². The van der Waals surface area contributed by atoms with E-state index >= 15 is 0 Å². The van der Waals surface area contributed by atoms with E-state index in [1.165, 1.54) is 19.3 Å². The molecule has 0 spiro atoms. The number of hydrogen-bond donors (Lipinski definition) is 2. The second-order valence-corrected chi connectivity index (χ2v) is 5.87. The minimum absolute atomic E-state index is 0.0342. The third-order valence-corrected chi connectivity index (χ3v) is 4.34. The van der Waals surface area contributed by atoms with E-state index in [1.54, 1.807) is 0 Å². The standard InChI is InChI=1S/C14H24N2O3/c17-13(18)7-6-12-5-2-8-16(10-12)14(19)15-9-11-3-1-4-11/h11-12H,1-10H2,(H,15,19)(H,17,18).